The predicted octanol–water partition coefficient (Wildman–Crippen LogP) is 4.12. The number of aromatic nitrogens is 3. The quantitative estimate of drug-likeness (QED) is 0.349. The summed E-state index contributed by atoms with van der Waals surface area (Å²) in [4.78, 5) is 40.3. The maximum absolute atomic E-state index is 12.8. The number of carbonyl (C=O) groups excluding carboxylic acids is 2. The van der Waals surface area contributed by atoms with Gasteiger partial charge in [0, 0.05) is 16.8 Å². The molecule has 0 aliphatic heterocycles. The number of thioether (sulfide) groups is 1. The molecular formula is C25H21N5O3S. The molecule has 9 heteroatoms. The van der Waals surface area contributed by atoms with Crippen LogP contribution in [0, 0.1) is 6.92 Å². The highest BCUT2D eigenvalue weighted by Gasteiger charge is 2.16. The van der Waals surface area contributed by atoms with E-state index in [9.17, 15) is 14.4 Å². The number of rotatable bonds is 7. The Labute approximate surface area is 199 Å². The van der Waals surface area contributed by atoms with E-state index in [1.807, 2.05) is 37.3 Å². The lowest BCUT2D eigenvalue weighted by Crippen LogP contribution is -2.18. The number of H-pyrrole nitrogens is 1. The van der Waals surface area contributed by atoms with Crippen molar-refractivity contribution in [3.8, 4) is 11.3 Å². The van der Waals surface area contributed by atoms with Crippen molar-refractivity contribution in [2.75, 3.05) is 16.4 Å². The van der Waals surface area contributed by atoms with Gasteiger partial charge in [0.25, 0.3) is 11.5 Å². The highest BCUT2D eigenvalue weighted by Crippen LogP contribution is 2.26. The number of nitrogens with one attached hydrogen (secondary N) is 3. The number of amides is 2. The molecule has 0 aliphatic rings. The van der Waals surface area contributed by atoms with Crippen LogP contribution in [0.25, 0.3) is 11.3 Å². The van der Waals surface area contributed by atoms with Crippen LogP contribution < -0.4 is 16.2 Å². The van der Waals surface area contributed by atoms with Crippen molar-refractivity contribution in [3.63, 3.8) is 0 Å². The highest BCUT2D eigenvalue weighted by molar-refractivity contribution is 7.99. The lowest BCUT2D eigenvalue weighted by molar-refractivity contribution is -0.113. The first kappa shape index (κ1) is 22.9. The summed E-state index contributed by atoms with van der Waals surface area (Å²) >= 11 is 1.07. The van der Waals surface area contributed by atoms with Gasteiger partial charge in [-0.1, -0.05) is 59.8 Å². The van der Waals surface area contributed by atoms with Crippen molar-refractivity contribution >= 4 is 35.0 Å². The fraction of sp³-hybridized carbons (Fsp3) is 0.0800. The van der Waals surface area contributed by atoms with Gasteiger partial charge in [-0.2, -0.15) is 0 Å². The SMILES string of the molecule is Cc1ccc(NC(=O)c2ccccc2)c(-c2nnc(SCC(=O)Nc3ccccc3)[nH]c2=O)c1. The molecule has 4 aromatic rings. The number of aryl methyl sites for hydroxylation is 1. The fourth-order valence-corrected chi connectivity index (χ4v) is 3.77. The zero-order valence-corrected chi connectivity index (χ0v) is 19.1. The van der Waals surface area contributed by atoms with Crippen LogP contribution in [0.2, 0.25) is 0 Å². The molecule has 0 radical (unpaired) electrons. The van der Waals surface area contributed by atoms with Gasteiger partial charge in [-0.3, -0.25) is 19.4 Å². The van der Waals surface area contributed by atoms with Gasteiger partial charge < -0.3 is 10.6 Å². The average Bonchev–Trinajstić information content (AvgIpc) is 2.85. The summed E-state index contributed by atoms with van der Waals surface area (Å²) in [6.07, 6.45) is 0. The van der Waals surface area contributed by atoms with Crippen molar-refractivity contribution in [2.24, 2.45) is 0 Å². The van der Waals surface area contributed by atoms with Crippen LogP contribution in [-0.4, -0.2) is 32.7 Å². The molecule has 0 saturated heterocycles. The Bertz CT molecular complexity index is 1370. The first-order chi connectivity index (χ1) is 16.5. The zero-order chi connectivity index (χ0) is 23.9. The summed E-state index contributed by atoms with van der Waals surface area (Å²) in [5.41, 5.74) is 2.58. The minimum absolute atomic E-state index is 0.0572. The van der Waals surface area contributed by atoms with Gasteiger partial charge in [0.15, 0.2) is 10.9 Å². The van der Waals surface area contributed by atoms with Gasteiger partial charge in [-0.25, -0.2) is 0 Å². The van der Waals surface area contributed by atoms with Crippen LogP contribution in [0.3, 0.4) is 0 Å². The number of anilines is 2. The van der Waals surface area contributed by atoms with E-state index in [0.717, 1.165) is 17.3 Å². The van der Waals surface area contributed by atoms with Gasteiger partial charge in [0.2, 0.25) is 5.91 Å². The molecule has 0 fully saturated rings. The van der Waals surface area contributed by atoms with Crippen molar-refractivity contribution in [2.45, 2.75) is 12.1 Å². The molecule has 1 heterocycles. The van der Waals surface area contributed by atoms with Gasteiger partial charge in [0.05, 0.1) is 11.4 Å². The molecule has 3 N–H and O–H groups in total. The van der Waals surface area contributed by atoms with Gasteiger partial charge in [-0.05, 0) is 43.3 Å². The summed E-state index contributed by atoms with van der Waals surface area (Å²) in [6.45, 7) is 1.88. The third-order valence-electron chi connectivity index (χ3n) is 4.79. The minimum atomic E-state index is -0.471. The van der Waals surface area contributed by atoms with Crippen molar-refractivity contribution in [1.29, 1.82) is 0 Å². The van der Waals surface area contributed by atoms with Gasteiger partial charge in [-0.15, -0.1) is 10.2 Å². The molecule has 0 aliphatic carbocycles. The largest absolute Gasteiger partial charge is 0.325 e. The first-order valence-corrected chi connectivity index (χ1v) is 11.4. The molecule has 8 nitrogen and oxygen atoms in total. The molecular weight excluding hydrogens is 450 g/mol. The molecule has 3 aromatic carbocycles. The summed E-state index contributed by atoms with van der Waals surface area (Å²) in [7, 11) is 0. The van der Waals surface area contributed by atoms with Crippen LogP contribution in [0.1, 0.15) is 15.9 Å². The standard InChI is InChI=1S/C25H21N5O3S/c1-16-12-13-20(27-23(32)17-8-4-2-5-9-17)19(14-16)22-24(33)28-25(30-29-22)34-15-21(31)26-18-10-6-3-7-11-18/h2-14H,15H2,1H3,(H,26,31)(H,27,32)(H,28,30,33). The Hall–Kier alpha value is -4.24. The molecule has 0 spiro atoms. The van der Waals surface area contributed by atoms with Crippen molar-refractivity contribution < 1.29 is 9.59 Å². The molecule has 2 amide bonds. The Balaban J connectivity index is 1.50. The second kappa shape index (κ2) is 10.6. The summed E-state index contributed by atoms with van der Waals surface area (Å²) in [5, 5.41) is 14.0. The Kier molecular flexibility index (Phi) is 7.14. The molecule has 0 bridgehead atoms. The first-order valence-electron chi connectivity index (χ1n) is 10.4. The van der Waals surface area contributed by atoms with E-state index in [0.29, 0.717) is 22.5 Å². The van der Waals surface area contributed by atoms with Crippen molar-refractivity contribution in [3.05, 3.63) is 100 Å². The lowest BCUT2D eigenvalue weighted by atomic mass is 10.1. The number of nitrogens with zero attached hydrogens (tertiary/aromatic N) is 2. The normalized spacial score (nSPS) is 10.5. The third kappa shape index (κ3) is 5.76. The summed E-state index contributed by atoms with van der Waals surface area (Å²) in [5.74, 6) is -0.471. The van der Waals surface area contributed by atoms with Crippen LogP contribution >= 0.6 is 11.8 Å². The number of hydrogen-bond donors (Lipinski definition) is 3. The fourth-order valence-electron chi connectivity index (χ4n) is 3.16. The Morgan fingerprint density at radius 3 is 2.32 bits per heavy atom. The monoisotopic (exact) mass is 471 g/mol. The molecule has 0 unspecified atom stereocenters. The predicted molar refractivity (Wildman–Crippen MR) is 133 cm³/mol. The van der Waals surface area contributed by atoms with Crippen molar-refractivity contribution in [1.82, 2.24) is 15.2 Å². The topological polar surface area (TPSA) is 117 Å². The van der Waals surface area contributed by atoms with Crippen LogP contribution in [0.4, 0.5) is 11.4 Å². The summed E-state index contributed by atoms with van der Waals surface area (Å²) in [6, 6.07) is 23.2. The van der Waals surface area contributed by atoms with Crippen LogP contribution in [0.15, 0.2) is 88.8 Å². The highest BCUT2D eigenvalue weighted by atomic mass is 32.2. The minimum Gasteiger partial charge on any atom is -0.325 e. The van der Waals surface area contributed by atoms with Gasteiger partial charge >= 0.3 is 0 Å². The number of aromatic amines is 1. The molecule has 170 valence electrons. The number of hydrogen-bond acceptors (Lipinski definition) is 6. The van der Waals surface area contributed by atoms with E-state index in [4.69, 9.17) is 0 Å². The van der Waals surface area contributed by atoms with E-state index >= 15 is 0 Å². The Morgan fingerprint density at radius 1 is 0.912 bits per heavy atom. The molecule has 1 aromatic heterocycles. The van der Waals surface area contributed by atoms with Crippen LogP contribution in [-0.2, 0) is 4.79 Å². The average molecular weight is 472 g/mol. The maximum Gasteiger partial charge on any atom is 0.278 e. The van der Waals surface area contributed by atoms with E-state index < -0.39 is 5.56 Å². The second-order valence-electron chi connectivity index (χ2n) is 7.38. The number of benzene rings is 3. The second-order valence-corrected chi connectivity index (χ2v) is 8.34. The smallest absolute Gasteiger partial charge is 0.278 e. The zero-order valence-electron chi connectivity index (χ0n) is 18.2. The maximum atomic E-state index is 12.8. The van der Waals surface area contributed by atoms with E-state index in [1.54, 1.807) is 48.5 Å². The molecule has 0 saturated carbocycles. The Morgan fingerprint density at radius 2 is 1.62 bits per heavy atom. The molecule has 0 atom stereocenters. The molecule has 34 heavy (non-hydrogen) atoms. The molecule has 4 rings (SSSR count). The van der Waals surface area contributed by atoms with E-state index in [1.165, 1.54) is 0 Å². The number of para-hydroxylation sites is 1. The lowest BCUT2D eigenvalue weighted by Gasteiger charge is -2.11. The summed E-state index contributed by atoms with van der Waals surface area (Å²) < 4.78 is 0. The van der Waals surface area contributed by atoms with Gasteiger partial charge in [0.1, 0.15) is 0 Å². The van der Waals surface area contributed by atoms with E-state index in [2.05, 4.69) is 25.8 Å². The number of carbonyl (C=O) groups is 2. The van der Waals surface area contributed by atoms with E-state index in [-0.39, 0.29) is 28.4 Å². The third-order valence-corrected chi connectivity index (χ3v) is 5.65. The van der Waals surface area contributed by atoms with Crippen LogP contribution in [0.5, 0.6) is 0 Å².